The average Bonchev–Trinajstić information content (AvgIpc) is 3.09. The number of aromatic nitrogens is 2. The number of rotatable bonds is 6. The third kappa shape index (κ3) is 4.72. The third-order valence-corrected chi connectivity index (χ3v) is 6.34. The van der Waals surface area contributed by atoms with E-state index in [1.165, 1.54) is 24.3 Å². The number of halogens is 1. The zero-order valence-electron chi connectivity index (χ0n) is 14.0. The molecule has 0 spiro atoms. The Labute approximate surface area is 161 Å². The molecule has 0 fully saturated rings. The van der Waals surface area contributed by atoms with E-state index < -0.39 is 19.9 Å². The van der Waals surface area contributed by atoms with Gasteiger partial charge in [-0.15, -0.1) is 0 Å². The van der Waals surface area contributed by atoms with Crippen molar-refractivity contribution in [2.45, 2.75) is 16.3 Å². The van der Waals surface area contributed by atoms with E-state index >= 15 is 0 Å². The highest BCUT2D eigenvalue weighted by molar-refractivity contribution is 7.90. The van der Waals surface area contributed by atoms with Crippen LogP contribution in [0.2, 0.25) is 5.02 Å². The minimum absolute atomic E-state index is 0.0333. The Morgan fingerprint density at radius 1 is 0.963 bits per heavy atom. The second-order valence-corrected chi connectivity index (χ2v) is 9.81. The van der Waals surface area contributed by atoms with Crippen LogP contribution < -0.4 is 4.72 Å². The monoisotopic (exact) mass is 427 g/mol. The van der Waals surface area contributed by atoms with E-state index in [2.05, 4.69) is 14.9 Å². The molecule has 0 unspecified atom stereocenters. The highest BCUT2D eigenvalue weighted by Gasteiger charge is 2.17. The van der Waals surface area contributed by atoms with Crippen molar-refractivity contribution in [1.82, 2.24) is 14.9 Å². The van der Waals surface area contributed by atoms with Crippen LogP contribution in [0, 0.1) is 0 Å². The molecule has 2 aromatic carbocycles. The summed E-state index contributed by atoms with van der Waals surface area (Å²) in [7, 11) is -7.28. The molecule has 0 saturated heterocycles. The van der Waals surface area contributed by atoms with Gasteiger partial charge in [0.1, 0.15) is 0 Å². The normalized spacial score (nSPS) is 12.2. The number of benzene rings is 2. The fraction of sp³-hybridized carbons (Fsp3) is 0.125. The number of sulfonamides is 1. The van der Waals surface area contributed by atoms with Gasteiger partial charge >= 0.3 is 0 Å². The van der Waals surface area contributed by atoms with Gasteiger partial charge in [-0.2, -0.15) is 4.98 Å². The Kier molecular flexibility index (Phi) is 5.33. The van der Waals surface area contributed by atoms with Crippen LogP contribution in [0.5, 0.6) is 0 Å². The molecule has 142 valence electrons. The minimum atomic E-state index is -3.87. The topological polar surface area (TPSA) is 119 Å². The Bertz CT molecular complexity index is 1160. The molecule has 0 bridgehead atoms. The highest BCUT2D eigenvalue weighted by Crippen LogP contribution is 2.19. The van der Waals surface area contributed by atoms with Crippen LogP contribution in [0.15, 0.2) is 62.8 Å². The van der Waals surface area contributed by atoms with E-state index in [-0.39, 0.29) is 22.2 Å². The summed E-state index contributed by atoms with van der Waals surface area (Å²) in [6.45, 7) is -0.212. The van der Waals surface area contributed by atoms with E-state index in [9.17, 15) is 16.8 Å². The number of hydrogen-bond donors (Lipinski definition) is 1. The van der Waals surface area contributed by atoms with Crippen molar-refractivity contribution < 1.29 is 21.4 Å². The maximum Gasteiger partial charge on any atom is 0.242 e. The summed E-state index contributed by atoms with van der Waals surface area (Å²) in [5.74, 6) is 0.384. The molecule has 3 aromatic rings. The molecule has 0 saturated carbocycles. The summed E-state index contributed by atoms with van der Waals surface area (Å²) in [6, 6.07) is 11.7. The largest absolute Gasteiger partial charge is 0.338 e. The van der Waals surface area contributed by atoms with Crippen LogP contribution in [0.1, 0.15) is 5.89 Å². The summed E-state index contributed by atoms with van der Waals surface area (Å²) in [5.41, 5.74) is 0.675. The average molecular weight is 428 g/mol. The van der Waals surface area contributed by atoms with Crippen LogP contribution in [-0.4, -0.2) is 33.2 Å². The first-order chi connectivity index (χ1) is 12.6. The van der Waals surface area contributed by atoms with Gasteiger partial charge in [0, 0.05) is 16.8 Å². The predicted octanol–water partition coefficient (Wildman–Crippen LogP) is 2.27. The molecule has 0 aliphatic carbocycles. The van der Waals surface area contributed by atoms with Gasteiger partial charge in [0.2, 0.25) is 21.7 Å². The van der Waals surface area contributed by atoms with Gasteiger partial charge in [-0.1, -0.05) is 16.8 Å². The smallest absolute Gasteiger partial charge is 0.242 e. The molecule has 0 atom stereocenters. The molecule has 0 radical (unpaired) electrons. The molecule has 27 heavy (non-hydrogen) atoms. The molecule has 8 nitrogen and oxygen atoms in total. The summed E-state index contributed by atoms with van der Waals surface area (Å²) in [4.78, 5) is 4.08. The maximum absolute atomic E-state index is 12.3. The molecule has 0 amide bonds. The van der Waals surface area contributed by atoms with Crippen molar-refractivity contribution >= 4 is 31.5 Å². The van der Waals surface area contributed by atoms with Crippen LogP contribution in [0.3, 0.4) is 0 Å². The molecule has 0 aliphatic rings. The van der Waals surface area contributed by atoms with E-state index in [1.54, 1.807) is 24.3 Å². The second-order valence-electron chi connectivity index (χ2n) is 5.59. The molecular weight excluding hydrogens is 414 g/mol. The standard InChI is InChI=1S/C16H14ClN3O5S2/c1-26(21,22)13-6-8-14(9-7-13)27(23,24)18-10-15-19-16(20-25-15)11-2-4-12(17)5-3-11/h2-9,18H,10H2,1H3. The van der Waals surface area contributed by atoms with Crippen LogP contribution in [0.4, 0.5) is 0 Å². The minimum Gasteiger partial charge on any atom is -0.338 e. The molecule has 11 heteroatoms. The van der Waals surface area contributed by atoms with E-state index in [0.29, 0.717) is 16.4 Å². The maximum atomic E-state index is 12.3. The quantitative estimate of drug-likeness (QED) is 0.640. The fourth-order valence-electron chi connectivity index (χ4n) is 2.15. The van der Waals surface area contributed by atoms with E-state index in [4.69, 9.17) is 16.1 Å². The first-order valence-corrected chi connectivity index (χ1v) is 11.3. The fourth-order valence-corrected chi connectivity index (χ4v) is 3.88. The van der Waals surface area contributed by atoms with Gasteiger partial charge in [0.15, 0.2) is 9.84 Å². The van der Waals surface area contributed by atoms with Crippen molar-refractivity contribution in [2.75, 3.05) is 6.26 Å². The van der Waals surface area contributed by atoms with Gasteiger partial charge in [0.05, 0.1) is 16.3 Å². The number of nitrogens with one attached hydrogen (secondary N) is 1. The molecule has 3 rings (SSSR count). The lowest BCUT2D eigenvalue weighted by atomic mass is 10.2. The summed E-state index contributed by atoms with van der Waals surface area (Å²) >= 11 is 5.82. The Balaban J connectivity index is 1.71. The summed E-state index contributed by atoms with van der Waals surface area (Å²) in [6.07, 6.45) is 1.04. The van der Waals surface area contributed by atoms with Gasteiger partial charge < -0.3 is 4.52 Å². The summed E-state index contributed by atoms with van der Waals surface area (Å²) in [5, 5.41) is 4.36. The SMILES string of the molecule is CS(=O)(=O)c1ccc(S(=O)(=O)NCc2nc(-c3ccc(Cl)cc3)no2)cc1. The van der Waals surface area contributed by atoms with Crippen molar-refractivity contribution in [1.29, 1.82) is 0 Å². The van der Waals surface area contributed by atoms with Crippen LogP contribution >= 0.6 is 11.6 Å². The van der Waals surface area contributed by atoms with Crippen LogP contribution in [0.25, 0.3) is 11.4 Å². The molecule has 0 aliphatic heterocycles. The lowest BCUT2D eigenvalue weighted by molar-refractivity contribution is 0.376. The lowest BCUT2D eigenvalue weighted by Gasteiger charge is -2.05. The molecule has 1 heterocycles. The van der Waals surface area contributed by atoms with Gasteiger partial charge in [-0.3, -0.25) is 0 Å². The zero-order valence-corrected chi connectivity index (χ0v) is 16.3. The number of nitrogens with zero attached hydrogens (tertiary/aromatic N) is 2. The third-order valence-electron chi connectivity index (χ3n) is 3.55. The van der Waals surface area contributed by atoms with Crippen molar-refractivity contribution in [3.05, 3.63) is 59.4 Å². The van der Waals surface area contributed by atoms with Crippen molar-refractivity contribution in [2.24, 2.45) is 0 Å². The molecule has 1 N–H and O–H groups in total. The van der Waals surface area contributed by atoms with Crippen LogP contribution in [-0.2, 0) is 26.4 Å². The second kappa shape index (κ2) is 7.39. The Morgan fingerprint density at radius 2 is 1.56 bits per heavy atom. The van der Waals surface area contributed by atoms with Crippen molar-refractivity contribution in [3.63, 3.8) is 0 Å². The molecular formula is C16H14ClN3O5S2. The van der Waals surface area contributed by atoms with E-state index in [1.807, 2.05) is 0 Å². The van der Waals surface area contributed by atoms with E-state index in [0.717, 1.165) is 6.26 Å². The highest BCUT2D eigenvalue weighted by atomic mass is 35.5. The summed E-state index contributed by atoms with van der Waals surface area (Å²) < 4.78 is 54.9. The van der Waals surface area contributed by atoms with Gasteiger partial charge in [0.25, 0.3) is 0 Å². The molecule has 1 aromatic heterocycles. The zero-order chi connectivity index (χ0) is 19.7. The van der Waals surface area contributed by atoms with Gasteiger partial charge in [-0.25, -0.2) is 21.6 Å². The van der Waals surface area contributed by atoms with Gasteiger partial charge in [-0.05, 0) is 48.5 Å². The Morgan fingerprint density at radius 3 is 2.15 bits per heavy atom. The number of sulfone groups is 1. The first kappa shape index (κ1) is 19.5. The predicted molar refractivity (Wildman–Crippen MR) is 98.3 cm³/mol. The lowest BCUT2D eigenvalue weighted by Crippen LogP contribution is -2.23. The number of hydrogen-bond acceptors (Lipinski definition) is 7. The Hall–Kier alpha value is -2.27. The first-order valence-electron chi connectivity index (χ1n) is 7.53. The van der Waals surface area contributed by atoms with Crippen molar-refractivity contribution in [3.8, 4) is 11.4 Å².